The van der Waals surface area contributed by atoms with Gasteiger partial charge < -0.3 is 16.2 Å². The molecule has 0 aromatic carbocycles. The summed E-state index contributed by atoms with van der Waals surface area (Å²) in [6.07, 6.45) is 4.16. The molecule has 1 aliphatic rings. The molecular formula is C14H26N2O3. The van der Waals surface area contributed by atoms with E-state index in [1.165, 1.54) is 0 Å². The molecule has 1 amide bonds. The Labute approximate surface area is 114 Å². The van der Waals surface area contributed by atoms with Gasteiger partial charge in [-0.15, -0.1) is 0 Å². The van der Waals surface area contributed by atoms with Crippen molar-refractivity contribution in [1.29, 1.82) is 0 Å². The molecule has 19 heavy (non-hydrogen) atoms. The van der Waals surface area contributed by atoms with Crippen LogP contribution in [0.25, 0.3) is 0 Å². The fraction of sp³-hybridized carbons (Fsp3) is 0.857. The van der Waals surface area contributed by atoms with Crippen molar-refractivity contribution in [3.8, 4) is 0 Å². The maximum atomic E-state index is 12.0. The molecule has 0 aliphatic heterocycles. The van der Waals surface area contributed by atoms with Crippen molar-refractivity contribution in [2.75, 3.05) is 6.54 Å². The lowest BCUT2D eigenvalue weighted by Crippen LogP contribution is -2.52. The van der Waals surface area contributed by atoms with Crippen LogP contribution in [-0.2, 0) is 9.59 Å². The van der Waals surface area contributed by atoms with Crippen molar-refractivity contribution in [3.05, 3.63) is 0 Å². The zero-order chi connectivity index (χ0) is 14.7. The van der Waals surface area contributed by atoms with E-state index < -0.39 is 17.4 Å². The number of amides is 1. The Morgan fingerprint density at radius 1 is 1.26 bits per heavy atom. The summed E-state index contributed by atoms with van der Waals surface area (Å²) in [6.45, 7) is 5.87. The SMILES string of the molecule is CC(C)(C)[C@H](N)C(=O)NCC1(C(=O)O)CCCCC1. The Hall–Kier alpha value is -1.10. The Bertz CT molecular complexity index is 341. The lowest BCUT2D eigenvalue weighted by atomic mass is 9.74. The van der Waals surface area contributed by atoms with Gasteiger partial charge in [-0.1, -0.05) is 40.0 Å². The Kier molecular flexibility index (Phi) is 4.96. The average Bonchev–Trinajstić information content (AvgIpc) is 2.34. The normalized spacial score (nSPS) is 20.6. The molecule has 0 spiro atoms. The first kappa shape index (κ1) is 16.0. The minimum absolute atomic E-state index is 0.185. The van der Waals surface area contributed by atoms with Crippen molar-refractivity contribution in [2.45, 2.75) is 58.9 Å². The molecule has 0 aromatic rings. The molecule has 0 saturated heterocycles. The van der Waals surface area contributed by atoms with E-state index in [-0.39, 0.29) is 17.9 Å². The third-order valence-electron chi connectivity index (χ3n) is 4.08. The third-order valence-corrected chi connectivity index (χ3v) is 4.08. The molecule has 0 heterocycles. The van der Waals surface area contributed by atoms with Gasteiger partial charge in [-0.25, -0.2) is 0 Å². The molecule has 1 fully saturated rings. The van der Waals surface area contributed by atoms with Gasteiger partial charge in [-0.05, 0) is 18.3 Å². The summed E-state index contributed by atoms with van der Waals surface area (Å²) in [4.78, 5) is 23.4. The van der Waals surface area contributed by atoms with Gasteiger partial charge in [-0.2, -0.15) is 0 Å². The van der Waals surface area contributed by atoms with E-state index in [1.807, 2.05) is 20.8 Å². The molecule has 0 bridgehead atoms. The van der Waals surface area contributed by atoms with Crippen LogP contribution in [0, 0.1) is 10.8 Å². The van der Waals surface area contributed by atoms with Crippen LogP contribution < -0.4 is 11.1 Å². The van der Waals surface area contributed by atoms with E-state index in [0.717, 1.165) is 19.3 Å². The van der Waals surface area contributed by atoms with E-state index in [9.17, 15) is 14.7 Å². The van der Waals surface area contributed by atoms with E-state index in [2.05, 4.69) is 5.32 Å². The van der Waals surface area contributed by atoms with Crippen LogP contribution in [-0.4, -0.2) is 29.6 Å². The zero-order valence-electron chi connectivity index (χ0n) is 12.2. The molecule has 0 aromatic heterocycles. The van der Waals surface area contributed by atoms with Crippen LogP contribution in [0.2, 0.25) is 0 Å². The number of carbonyl (C=O) groups excluding carboxylic acids is 1. The van der Waals surface area contributed by atoms with Crippen LogP contribution in [0.3, 0.4) is 0 Å². The highest BCUT2D eigenvalue weighted by atomic mass is 16.4. The summed E-state index contributed by atoms with van der Waals surface area (Å²) in [5.74, 6) is -1.07. The van der Waals surface area contributed by atoms with Crippen LogP contribution in [0.1, 0.15) is 52.9 Å². The van der Waals surface area contributed by atoms with E-state index in [0.29, 0.717) is 12.8 Å². The summed E-state index contributed by atoms with van der Waals surface area (Å²) in [6, 6.07) is -0.623. The summed E-state index contributed by atoms with van der Waals surface area (Å²) < 4.78 is 0. The molecule has 5 nitrogen and oxygen atoms in total. The third kappa shape index (κ3) is 3.93. The highest BCUT2D eigenvalue weighted by Gasteiger charge is 2.40. The number of carboxylic acids is 1. The maximum Gasteiger partial charge on any atom is 0.311 e. The lowest BCUT2D eigenvalue weighted by Gasteiger charge is -2.34. The number of hydrogen-bond acceptors (Lipinski definition) is 3. The number of carboxylic acid groups (broad SMARTS) is 1. The maximum absolute atomic E-state index is 12.0. The van der Waals surface area contributed by atoms with E-state index in [4.69, 9.17) is 5.73 Å². The van der Waals surface area contributed by atoms with Gasteiger partial charge in [0.1, 0.15) is 0 Å². The van der Waals surface area contributed by atoms with Crippen molar-refractivity contribution in [3.63, 3.8) is 0 Å². The highest BCUT2D eigenvalue weighted by molar-refractivity contribution is 5.83. The first-order valence-corrected chi connectivity index (χ1v) is 6.96. The minimum Gasteiger partial charge on any atom is -0.481 e. The van der Waals surface area contributed by atoms with Gasteiger partial charge in [0.25, 0.3) is 0 Å². The first-order chi connectivity index (χ1) is 8.69. The fourth-order valence-corrected chi connectivity index (χ4v) is 2.45. The summed E-state index contributed by atoms with van der Waals surface area (Å²) in [5.41, 5.74) is 4.74. The largest absolute Gasteiger partial charge is 0.481 e. The Morgan fingerprint density at radius 3 is 2.21 bits per heavy atom. The monoisotopic (exact) mass is 270 g/mol. The Morgan fingerprint density at radius 2 is 1.79 bits per heavy atom. The van der Waals surface area contributed by atoms with Crippen LogP contribution >= 0.6 is 0 Å². The predicted octanol–water partition coefficient (Wildman–Crippen LogP) is 1.51. The molecule has 1 saturated carbocycles. The van der Waals surface area contributed by atoms with Crippen molar-refractivity contribution in [1.82, 2.24) is 5.32 Å². The van der Waals surface area contributed by atoms with Gasteiger partial charge >= 0.3 is 5.97 Å². The molecule has 0 unspecified atom stereocenters. The van der Waals surface area contributed by atoms with Crippen LogP contribution in [0.4, 0.5) is 0 Å². The van der Waals surface area contributed by atoms with Gasteiger partial charge in [-0.3, -0.25) is 9.59 Å². The van der Waals surface area contributed by atoms with Gasteiger partial charge in [0, 0.05) is 6.54 Å². The second-order valence-electron chi connectivity index (χ2n) is 6.71. The number of rotatable bonds is 4. The predicted molar refractivity (Wildman–Crippen MR) is 73.6 cm³/mol. The van der Waals surface area contributed by atoms with Crippen LogP contribution in [0.5, 0.6) is 0 Å². The van der Waals surface area contributed by atoms with Crippen molar-refractivity contribution < 1.29 is 14.7 Å². The first-order valence-electron chi connectivity index (χ1n) is 6.96. The highest BCUT2D eigenvalue weighted by Crippen LogP contribution is 2.36. The lowest BCUT2D eigenvalue weighted by molar-refractivity contribution is -0.151. The van der Waals surface area contributed by atoms with E-state index >= 15 is 0 Å². The number of aliphatic carboxylic acids is 1. The topological polar surface area (TPSA) is 92.4 Å². The van der Waals surface area contributed by atoms with Gasteiger partial charge in [0.15, 0.2) is 0 Å². The summed E-state index contributed by atoms with van der Waals surface area (Å²) in [7, 11) is 0. The molecular weight excluding hydrogens is 244 g/mol. The molecule has 110 valence electrons. The van der Waals surface area contributed by atoms with E-state index in [1.54, 1.807) is 0 Å². The second-order valence-corrected chi connectivity index (χ2v) is 6.71. The van der Waals surface area contributed by atoms with Crippen molar-refractivity contribution in [2.24, 2.45) is 16.6 Å². The quantitative estimate of drug-likeness (QED) is 0.722. The smallest absolute Gasteiger partial charge is 0.311 e. The zero-order valence-corrected chi connectivity index (χ0v) is 12.2. The number of carbonyl (C=O) groups is 2. The van der Waals surface area contributed by atoms with Crippen LogP contribution in [0.15, 0.2) is 0 Å². The summed E-state index contributed by atoms with van der Waals surface area (Å²) in [5, 5.41) is 12.2. The molecule has 1 aliphatic carbocycles. The van der Waals surface area contributed by atoms with Gasteiger partial charge in [0.05, 0.1) is 11.5 Å². The molecule has 5 heteroatoms. The molecule has 1 rings (SSSR count). The van der Waals surface area contributed by atoms with Gasteiger partial charge in [0.2, 0.25) is 5.91 Å². The Balaban J connectivity index is 2.63. The molecule has 0 radical (unpaired) electrons. The minimum atomic E-state index is -0.808. The molecule has 1 atom stereocenters. The average molecular weight is 270 g/mol. The van der Waals surface area contributed by atoms with Crippen molar-refractivity contribution >= 4 is 11.9 Å². The number of nitrogens with one attached hydrogen (secondary N) is 1. The number of nitrogens with two attached hydrogens (primary N) is 1. The second kappa shape index (κ2) is 5.90. The fourth-order valence-electron chi connectivity index (χ4n) is 2.45. The summed E-state index contributed by atoms with van der Waals surface area (Å²) >= 11 is 0. The standard InChI is InChI=1S/C14H26N2O3/c1-13(2,3)10(15)11(17)16-9-14(12(18)19)7-5-4-6-8-14/h10H,4-9,15H2,1-3H3,(H,16,17)(H,18,19)/t10-/m1/s1. The molecule has 4 N–H and O–H groups in total. The number of hydrogen-bond donors (Lipinski definition) is 3.